The lowest BCUT2D eigenvalue weighted by Gasteiger charge is -2.00. The van der Waals surface area contributed by atoms with Crippen molar-refractivity contribution in [1.29, 1.82) is 0 Å². The van der Waals surface area contributed by atoms with Gasteiger partial charge in [-0.3, -0.25) is 4.79 Å². The highest BCUT2D eigenvalue weighted by Gasteiger charge is 2.11. The monoisotopic (exact) mass is 288 g/mol. The molecule has 20 heavy (non-hydrogen) atoms. The van der Waals surface area contributed by atoms with E-state index in [1.165, 1.54) is 17.3 Å². The van der Waals surface area contributed by atoms with Crippen LogP contribution in [0.1, 0.15) is 0 Å². The second-order valence-electron chi connectivity index (χ2n) is 4.01. The number of anilines is 1. The van der Waals surface area contributed by atoms with Gasteiger partial charge in [-0.15, -0.1) is 5.10 Å². The number of aromatic amines is 1. The van der Waals surface area contributed by atoms with E-state index >= 15 is 0 Å². The Morgan fingerprint density at radius 2 is 2.15 bits per heavy atom. The topological polar surface area (TPSA) is 102 Å². The number of nitrogens with two attached hydrogens (primary N) is 1. The molecule has 0 bridgehead atoms. The van der Waals surface area contributed by atoms with Crippen LogP contribution in [0.4, 0.5) is 5.69 Å². The van der Waals surface area contributed by atoms with Crippen molar-refractivity contribution < 1.29 is 0 Å². The number of hydrogen-bond acceptors (Lipinski definition) is 5. The molecule has 0 amide bonds. The predicted molar refractivity (Wildman–Crippen MR) is 74.6 cm³/mol. The van der Waals surface area contributed by atoms with Gasteiger partial charge in [-0.05, 0) is 12.1 Å². The van der Waals surface area contributed by atoms with E-state index in [9.17, 15) is 4.79 Å². The Bertz CT molecular complexity index is 825. The molecule has 0 radical (unpaired) electrons. The fourth-order valence-electron chi connectivity index (χ4n) is 1.71. The normalized spacial score (nSPS) is 10.7. The van der Waals surface area contributed by atoms with Crippen LogP contribution in [0.5, 0.6) is 0 Å². The molecular weight excluding hydrogens is 280 g/mol. The molecular formula is C12H9ClN6O. The van der Waals surface area contributed by atoms with Gasteiger partial charge < -0.3 is 10.7 Å². The number of hydrogen-bond donors (Lipinski definition) is 2. The highest BCUT2D eigenvalue weighted by atomic mass is 35.5. The first-order chi connectivity index (χ1) is 9.65. The van der Waals surface area contributed by atoms with E-state index in [4.69, 9.17) is 17.3 Å². The van der Waals surface area contributed by atoms with Crippen molar-refractivity contribution in [3.63, 3.8) is 0 Å². The van der Waals surface area contributed by atoms with Gasteiger partial charge in [0.05, 0.1) is 6.33 Å². The molecule has 0 unspecified atom stereocenters. The summed E-state index contributed by atoms with van der Waals surface area (Å²) in [6.45, 7) is 0. The molecule has 100 valence electrons. The smallest absolute Gasteiger partial charge is 0.271 e. The number of H-pyrrole nitrogens is 1. The zero-order valence-corrected chi connectivity index (χ0v) is 10.9. The van der Waals surface area contributed by atoms with E-state index < -0.39 is 5.56 Å². The Labute approximate surface area is 118 Å². The summed E-state index contributed by atoms with van der Waals surface area (Å²) >= 11 is 5.89. The molecule has 3 rings (SSSR count). The first-order valence-corrected chi connectivity index (χ1v) is 6.04. The highest BCUT2D eigenvalue weighted by molar-refractivity contribution is 6.31. The van der Waals surface area contributed by atoms with Crippen molar-refractivity contribution in [3.05, 3.63) is 52.3 Å². The van der Waals surface area contributed by atoms with E-state index in [0.717, 1.165) is 5.56 Å². The molecule has 2 aromatic heterocycles. The number of nitrogens with one attached hydrogen (secondary N) is 1. The van der Waals surface area contributed by atoms with Crippen LogP contribution >= 0.6 is 11.6 Å². The Kier molecular flexibility index (Phi) is 2.96. The zero-order valence-electron chi connectivity index (χ0n) is 10.1. The third-order valence-corrected chi connectivity index (χ3v) is 2.97. The van der Waals surface area contributed by atoms with Crippen LogP contribution in [0.2, 0.25) is 5.02 Å². The highest BCUT2D eigenvalue weighted by Crippen LogP contribution is 2.18. The number of rotatable bonds is 2. The molecule has 0 aliphatic heterocycles. The Hall–Kier alpha value is -2.67. The van der Waals surface area contributed by atoms with Gasteiger partial charge in [0, 0.05) is 11.3 Å². The molecule has 3 N–H and O–H groups in total. The maximum Gasteiger partial charge on any atom is 0.271 e. The van der Waals surface area contributed by atoms with E-state index in [2.05, 4.69) is 20.1 Å². The lowest BCUT2D eigenvalue weighted by molar-refractivity contribution is 0.836. The largest absolute Gasteiger partial charge is 0.399 e. The lowest BCUT2D eigenvalue weighted by atomic mass is 10.2. The summed E-state index contributed by atoms with van der Waals surface area (Å²) in [5.41, 5.74) is 6.67. The van der Waals surface area contributed by atoms with E-state index in [1.807, 2.05) is 12.1 Å². The van der Waals surface area contributed by atoms with Crippen molar-refractivity contribution in [1.82, 2.24) is 24.7 Å². The third-order valence-electron chi connectivity index (χ3n) is 2.63. The van der Waals surface area contributed by atoms with Crippen molar-refractivity contribution in [2.75, 3.05) is 5.73 Å². The molecule has 2 heterocycles. The second-order valence-corrected chi connectivity index (χ2v) is 4.39. The van der Waals surface area contributed by atoms with Crippen LogP contribution in [0.25, 0.3) is 17.2 Å². The maximum absolute atomic E-state index is 11.4. The average Bonchev–Trinajstić information content (AvgIpc) is 2.91. The van der Waals surface area contributed by atoms with Gasteiger partial charge in [-0.2, -0.15) is 0 Å². The van der Waals surface area contributed by atoms with Crippen LogP contribution < -0.4 is 11.3 Å². The number of aromatic nitrogens is 5. The minimum absolute atomic E-state index is 0.0449. The Morgan fingerprint density at radius 1 is 1.30 bits per heavy atom. The zero-order chi connectivity index (χ0) is 14.1. The molecule has 0 spiro atoms. The number of nitrogen functional groups attached to an aromatic ring is 1. The van der Waals surface area contributed by atoms with Crippen LogP contribution in [0, 0.1) is 0 Å². The molecule has 0 saturated heterocycles. The quantitative estimate of drug-likeness (QED) is 0.691. The minimum atomic E-state index is -0.433. The summed E-state index contributed by atoms with van der Waals surface area (Å²) in [5.74, 6) is 0.688. The third kappa shape index (κ3) is 2.14. The summed E-state index contributed by atoms with van der Waals surface area (Å²) in [5, 5.41) is 4.20. The van der Waals surface area contributed by atoms with E-state index in [0.29, 0.717) is 11.5 Å². The molecule has 3 aromatic rings. The van der Waals surface area contributed by atoms with Crippen LogP contribution in [-0.4, -0.2) is 24.7 Å². The summed E-state index contributed by atoms with van der Waals surface area (Å²) in [4.78, 5) is 22.0. The SMILES string of the molecule is Nc1cccc(-c2ncn(-c3nc[nH]c(=O)c3Cl)n2)c1. The first kappa shape index (κ1) is 12.4. The van der Waals surface area contributed by atoms with Crippen molar-refractivity contribution >= 4 is 17.3 Å². The molecule has 0 atom stereocenters. The number of benzene rings is 1. The van der Waals surface area contributed by atoms with Gasteiger partial charge in [0.1, 0.15) is 6.33 Å². The first-order valence-electron chi connectivity index (χ1n) is 5.66. The molecule has 0 fully saturated rings. The minimum Gasteiger partial charge on any atom is -0.399 e. The van der Waals surface area contributed by atoms with Gasteiger partial charge in [-0.1, -0.05) is 23.7 Å². The van der Waals surface area contributed by atoms with Crippen molar-refractivity contribution in [3.8, 4) is 17.2 Å². The van der Waals surface area contributed by atoms with Gasteiger partial charge in [0.2, 0.25) is 0 Å². The molecule has 1 aromatic carbocycles. The fraction of sp³-hybridized carbons (Fsp3) is 0. The van der Waals surface area contributed by atoms with Crippen molar-refractivity contribution in [2.45, 2.75) is 0 Å². The summed E-state index contributed by atoms with van der Waals surface area (Å²) in [6, 6.07) is 7.18. The summed E-state index contributed by atoms with van der Waals surface area (Å²) in [6.07, 6.45) is 2.69. The average molecular weight is 289 g/mol. The van der Waals surface area contributed by atoms with Crippen LogP contribution in [0.3, 0.4) is 0 Å². The number of halogens is 1. The molecule has 7 nitrogen and oxygen atoms in total. The molecule has 0 saturated carbocycles. The van der Waals surface area contributed by atoms with Gasteiger partial charge in [-0.25, -0.2) is 14.6 Å². The van der Waals surface area contributed by atoms with Crippen LogP contribution in [0.15, 0.2) is 41.7 Å². The fourth-order valence-corrected chi connectivity index (χ4v) is 1.90. The van der Waals surface area contributed by atoms with Gasteiger partial charge >= 0.3 is 0 Å². The van der Waals surface area contributed by atoms with Crippen LogP contribution in [-0.2, 0) is 0 Å². The maximum atomic E-state index is 11.4. The van der Waals surface area contributed by atoms with Gasteiger partial charge in [0.25, 0.3) is 5.56 Å². The number of nitrogens with zero attached hydrogens (tertiary/aromatic N) is 4. The van der Waals surface area contributed by atoms with E-state index in [-0.39, 0.29) is 10.8 Å². The van der Waals surface area contributed by atoms with Gasteiger partial charge in [0.15, 0.2) is 16.7 Å². The molecule has 8 heteroatoms. The van der Waals surface area contributed by atoms with Crippen molar-refractivity contribution in [2.24, 2.45) is 0 Å². The second kappa shape index (κ2) is 4.78. The Morgan fingerprint density at radius 3 is 2.95 bits per heavy atom. The molecule has 0 aliphatic carbocycles. The van der Waals surface area contributed by atoms with E-state index in [1.54, 1.807) is 12.1 Å². The Balaban J connectivity index is 2.07. The summed E-state index contributed by atoms with van der Waals surface area (Å²) in [7, 11) is 0. The summed E-state index contributed by atoms with van der Waals surface area (Å²) < 4.78 is 1.34. The predicted octanol–water partition coefficient (Wildman–Crippen LogP) is 1.25. The standard InChI is InChI=1S/C12H9ClN6O/c13-9-11(15-5-16-12(9)20)19-6-17-10(18-19)7-2-1-3-8(14)4-7/h1-6H,14H2,(H,15,16,20). The lowest BCUT2D eigenvalue weighted by Crippen LogP contribution is -2.12. The molecule has 0 aliphatic rings.